The van der Waals surface area contributed by atoms with E-state index in [2.05, 4.69) is 158 Å². The zero-order valence-corrected chi connectivity index (χ0v) is 28.0. The van der Waals surface area contributed by atoms with Crippen LogP contribution in [0, 0.1) is 0 Å². The molecule has 2 aromatic heterocycles. The van der Waals surface area contributed by atoms with Gasteiger partial charge in [-0.15, -0.1) is 0 Å². The molecule has 9 aromatic rings. The fraction of sp³-hybridized carbons (Fsp3) is 0.106. The molecule has 0 unspecified atom stereocenters. The van der Waals surface area contributed by atoms with Gasteiger partial charge in [0.05, 0.1) is 22.2 Å². The van der Waals surface area contributed by atoms with Crippen LogP contribution in [0.4, 0.5) is 0 Å². The summed E-state index contributed by atoms with van der Waals surface area (Å²) in [6.45, 7) is 4.82. The van der Waals surface area contributed by atoms with Gasteiger partial charge in [0.25, 0.3) is 0 Å². The molecule has 2 heterocycles. The standard InChI is InChI=1S/C47H33N3/c1-47(2)38-21-11-8-18-33(38)41-36-26-31-24-29-16-6-7-17-30(29)25-32(31)27-37(36)42-35-20-10-13-23-40(35)50(45(42)43(41)47)46-48-39-22-12-9-19-34(39)44(49-46)28-14-4-3-5-15-28/h3-25H,26-27H2,1-2H3. The van der Waals surface area contributed by atoms with Crippen LogP contribution in [-0.4, -0.2) is 14.5 Å². The van der Waals surface area contributed by atoms with Gasteiger partial charge in [0.2, 0.25) is 5.95 Å². The van der Waals surface area contributed by atoms with Crippen LogP contribution < -0.4 is 0 Å². The lowest BCUT2D eigenvalue weighted by atomic mass is 9.76. The highest BCUT2D eigenvalue weighted by Crippen LogP contribution is 2.57. The van der Waals surface area contributed by atoms with E-state index in [1.807, 2.05) is 0 Å². The third kappa shape index (κ3) is 3.69. The molecule has 0 amide bonds. The first kappa shape index (κ1) is 27.8. The summed E-state index contributed by atoms with van der Waals surface area (Å²) >= 11 is 0. The van der Waals surface area contributed by atoms with Gasteiger partial charge in [-0.2, -0.15) is 0 Å². The molecule has 0 fully saturated rings. The van der Waals surface area contributed by atoms with Crippen molar-refractivity contribution in [1.29, 1.82) is 0 Å². The number of nitrogens with zero attached hydrogens (tertiary/aromatic N) is 3. The Morgan fingerprint density at radius 1 is 0.600 bits per heavy atom. The summed E-state index contributed by atoms with van der Waals surface area (Å²) in [7, 11) is 0. The molecule has 0 bridgehead atoms. The lowest BCUT2D eigenvalue weighted by Crippen LogP contribution is -2.19. The Hall–Kier alpha value is -6.06. The molecule has 236 valence electrons. The first-order valence-electron chi connectivity index (χ1n) is 17.6. The minimum Gasteiger partial charge on any atom is -0.278 e. The minimum atomic E-state index is -0.228. The van der Waals surface area contributed by atoms with Crippen LogP contribution in [0.5, 0.6) is 0 Å². The Morgan fingerprint density at radius 3 is 2.04 bits per heavy atom. The summed E-state index contributed by atoms with van der Waals surface area (Å²) in [5, 5.41) is 6.27. The number of fused-ring (bicyclic) bond motifs is 13. The SMILES string of the molecule is CC1(C)c2ccccc2-c2c3c(c4c5ccccc5n(-c5nc(-c6ccccc6)c6ccccc6n5)c4c21)Cc1cc2ccccc2cc1C3. The second-order valence-electron chi connectivity index (χ2n) is 14.5. The van der Waals surface area contributed by atoms with Gasteiger partial charge in [-0.1, -0.05) is 141 Å². The van der Waals surface area contributed by atoms with Crippen molar-refractivity contribution in [2.45, 2.75) is 32.1 Å². The largest absolute Gasteiger partial charge is 0.278 e. The second kappa shape index (κ2) is 9.99. The third-order valence-electron chi connectivity index (χ3n) is 11.5. The molecule has 0 N–H and O–H groups in total. The Bertz CT molecular complexity index is 2890. The number of aromatic nitrogens is 3. The zero-order chi connectivity index (χ0) is 33.1. The third-order valence-corrected chi connectivity index (χ3v) is 11.5. The topological polar surface area (TPSA) is 30.7 Å². The average molecular weight is 640 g/mol. The van der Waals surface area contributed by atoms with E-state index in [1.165, 1.54) is 71.6 Å². The lowest BCUT2D eigenvalue weighted by Gasteiger charge is -2.28. The summed E-state index contributed by atoms with van der Waals surface area (Å²) in [5.74, 6) is 0.713. The van der Waals surface area contributed by atoms with Crippen LogP contribution in [0.15, 0.2) is 140 Å². The maximum Gasteiger partial charge on any atom is 0.235 e. The van der Waals surface area contributed by atoms with Crippen molar-refractivity contribution < 1.29 is 0 Å². The van der Waals surface area contributed by atoms with Crippen LogP contribution in [0.1, 0.15) is 47.2 Å². The van der Waals surface area contributed by atoms with Crippen molar-refractivity contribution in [3.8, 4) is 28.3 Å². The summed E-state index contributed by atoms with van der Waals surface area (Å²) in [6.07, 6.45) is 1.81. The van der Waals surface area contributed by atoms with Gasteiger partial charge in [0, 0.05) is 27.1 Å². The van der Waals surface area contributed by atoms with Crippen molar-refractivity contribution in [1.82, 2.24) is 14.5 Å². The van der Waals surface area contributed by atoms with Crippen molar-refractivity contribution in [3.63, 3.8) is 0 Å². The van der Waals surface area contributed by atoms with Gasteiger partial charge in [-0.25, -0.2) is 9.97 Å². The Kier molecular flexibility index (Phi) is 5.57. The Morgan fingerprint density at radius 2 is 1.24 bits per heavy atom. The molecule has 2 aliphatic carbocycles. The molecular weight excluding hydrogens is 607 g/mol. The molecule has 7 aromatic carbocycles. The van der Waals surface area contributed by atoms with E-state index in [0.29, 0.717) is 5.95 Å². The van der Waals surface area contributed by atoms with Gasteiger partial charge in [0.15, 0.2) is 0 Å². The number of para-hydroxylation sites is 2. The first-order chi connectivity index (χ1) is 24.6. The summed E-state index contributed by atoms with van der Waals surface area (Å²) < 4.78 is 2.40. The highest BCUT2D eigenvalue weighted by molar-refractivity contribution is 6.16. The second-order valence-corrected chi connectivity index (χ2v) is 14.5. The van der Waals surface area contributed by atoms with Crippen molar-refractivity contribution in [2.24, 2.45) is 0 Å². The Labute approximate surface area is 290 Å². The van der Waals surface area contributed by atoms with Crippen molar-refractivity contribution >= 4 is 43.5 Å². The molecule has 0 atom stereocenters. The maximum absolute atomic E-state index is 5.47. The predicted molar refractivity (Wildman–Crippen MR) is 206 cm³/mol. The minimum absolute atomic E-state index is 0.228. The molecule has 2 aliphatic rings. The quantitative estimate of drug-likeness (QED) is 0.188. The van der Waals surface area contributed by atoms with E-state index in [9.17, 15) is 0 Å². The number of rotatable bonds is 2. The van der Waals surface area contributed by atoms with Gasteiger partial charge in [-0.05, 0) is 80.3 Å². The van der Waals surface area contributed by atoms with Crippen LogP contribution in [0.25, 0.3) is 71.8 Å². The van der Waals surface area contributed by atoms with E-state index >= 15 is 0 Å². The molecule has 50 heavy (non-hydrogen) atoms. The van der Waals surface area contributed by atoms with E-state index in [4.69, 9.17) is 9.97 Å². The van der Waals surface area contributed by atoms with E-state index in [1.54, 1.807) is 0 Å². The van der Waals surface area contributed by atoms with Gasteiger partial charge >= 0.3 is 0 Å². The zero-order valence-electron chi connectivity index (χ0n) is 28.0. The fourth-order valence-corrected chi connectivity index (χ4v) is 9.26. The predicted octanol–water partition coefficient (Wildman–Crippen LogP) is 11.3. The van der Waals surface area contributed by atoms with Gasteiger partial charge < -0.3 is 0 Å². The highest BCUT2D eigenvalue weighted by atomic mass is 15.2. The highest BCUT2D eigenvalue weighted by Gasteiger charge is 2.42. The molecule has 0 radical (unpaired) electrons. The van der Waals surface area contributed by atoms with Crippen LogP contribution >= 0.6 is 0 Å². The number of hydrogen-bond donors (Lipinski definition) is 0. The van der Waals surface area contributed by atoms with E-state index in [0.717, 1.165) is 40.5 Å². The smallest absolute Gasteiger partial charge is 0.235 e. The molecular formula is C47H33N3. The van der Waals surface area contributed by atoms with Crippen molar-refractivity contribution in [3.05, 3.63) is 173 Å². The maximum atomic E-state index is 5.47. The molecule has 3 heteroatoms. The average Bonchev–Trinajstić information content (AvgIpc) is 3.62. The first-order valence-corrected chi connectivity index (χ1v) is 17.6. The van der Waals surface area contributed by atoms with E-state index in [-0.39, 0.29) is 5.41 Å². The molecule has 11 rings (SSSR count). The molecule has 0 spiro atoms. The van der Waals surface area contributed by atoms with Gasteiger partial charge in [-0.3, -0.25) is 4.57 Å². The number of benzene rings is 7. The molecule has 0 saturated heterocycles. The molecule has 3 nitrogen and oxygen atoms in total. The summed E-state index contributed by atoms with van der Waals surface area (Å²) in [6, 6.07) is 50.6. The normalized spacial score (nSPS) is 14.2. The van der Waals surface area contributed by atoms with E-state index < -0.39 is 0 Å². The lowest BCUT2D eigenvalue weighted by molar-refractivity contribution is 0.663. The van der Waals surface area contributed by atoms with Crippen LogP contribution in [0.2, 0.25) is 0 Å². The summed E-state index contributed by atoms with van der Waals surface area (Å²) in [4.78, 5) is 10.8. The summed E-state index contributed by atoms with van der Waals surface area (Å²) in [5.41, 5.74) is 16.4. The Balaban J connectivity index is 1.31. The molecule has 0 aliphatic heterocycles. The van der Waals surface area contributed by atoms with Crippen LogP contribution in [0.3, 0.4) is 0 Å². The van der Waals surface area contributed by atoms with Crippen LogP contribution in [-0.2, 0) is 18.3 Å². The van der Waals surface area contributed by atoms with Gasteiger partial charge in [0.1, 0.15) is 0 Å². The monoisotopic (exact) mass is 639 g/mol. The van der Waals surface area contributed by atoms with Crippen molar-refractivity contribution in [2.75, 3.05) is 0 Å². The fourth-order valence-electron chi connectivity index (χ4n) is 9.26. The molecule has 0 saturated carbocycles. The number of hydrogen-bond acceptors (Lipinski definition) is 2.